The van der Waals surface area contributed by atoms with Crippen molar-refractivity contribution >= 4 is 29.1 Å². The average molecular weight is 485 g/mol. The van der Waals surface area contributed by atoms with Gasteiger partial charge < -0.3 is 19.3 Å². The van der Waals surface area contributed by atoms with Gasteiger partial charge in [-0.3, -0.25) is 14.5 Å². The molecular weight excluding hydrogens is 462 g/mol. The molecule has 0 radical (unpaired) electrons. The van der Waals surface area contributed by atoms with Crippen LogP contribution in [0.3, 0.4) is 0 Å². The smallest absolute Gasteiger partial charge is 0.338 e. The van der Waals surface area contributed by atoms with Crippen LogP contribution in [0.25, 0.3) is 5.76 Å². The van der Waals surface area contributed by atoms with Crippen LogP contribution in [-0.4, -0.2) is 36.2 Å². The number of aliphatic hydroxyl groups excluding tert-OH is 1. The first-order chi connectivity index (χ1) is 17.5. The largest absolute Gasteiger partial charge is 0.507 e. The fraction of sp³-hybridized carbons (Fsp3) is 0.179. The Bertz CT molecular complexity index is 1380. The Morgan fingerprint density at radius 2 is 1.75 bits per heavy atom. The van der Waals surface area contributed by atoms with E-state index in [0.717, 1.165) is 0 Å². The summed E-state index contributed by atoms with van der Waals surface area (Å²) in [5.41, 5.74) is 1.46. The molecule has 3 aromatic carbocycles. The van der Waals surface area contributed by atoms with Gasteiger partial charge in [-0.1, -0.05) is 43.3 Å². The van der Waals surface area contributed by atoms with Crippen LogP contribution in [0.2, 0.25) is 0 Å². The van der Waals surface area contributed by atoms with Crippen LogP contribution in [0.15, 0.2) is 78.4 Å². The second-order valence-corrected chi connectivity index (χ2v) is 8.33. The molecule has 2 heterocycles. The van der Waals surface area contributed by atoms with E-state index in [1.54, 1.807) is 60.7 Å². The molecule has 1 saturated heterocycles. The number of esters is 1. The minimum atomic E-state index is -0.918. The number of anilines is 1. The number of rotatable bonds is 6. The van der Waals surface area contributed by atoms with Gasteiger partial charge in [0.15, 0.2) is 11.5 Å². The Hall–Kier alpha value is -4.59. The van der Waals surface area contributed by atoms with Crippen molar-refractivity contribution in [2.75, 3.05) is 18.3 Å². The second-order valence-electron chi connectivity index (χ2n) is 8.33. The number of benzene rings is 3. The lowest BCUT2D eigenvalue weighted by atomic mass is 9.95. The molecule has 0 spiro atoms. The topological polar surface area (TPSA) is 102 Å². The van der Waals surface area contributed by atoms with Crippen molar-refractivity contribution in [1.82, 2.24) is 0 Å². The highest BCUT2D eigenvalue weighted by molar-refractivity contribution is 6.51. The van der Waals surface area contributed by atoms with Gasteiger partial charge in [-0.15, -0.1) is 0 Å². The maximum absolute atomic E-state index is 13.3. The van der Waals surface area contributed by atoms with E-state index in [9.17, 15) is 19.5 Å². The van der Waals surface area contributed by atoms with Gasteiger partial charge in [0, 0.05) is 11.3 Å². The quantitative estimate of drug-likeness (QED) is 0.235. The molecule has 3 aromatic rings. The van der Waals surface area contributed by atoms with Gasteiger partial charge in [-0.25, -0.2) is 4.79 Å². The van der Waals surface area contributed by atoms with Gasteiger partial charge in [-0.2, -0.15) is 0 Å². The summed E-state index contributed by atoms with van der Waals surface area (Å²) >= 11 is 0. The molecule has 8 nitrogen and oxygen atoms in total. The molecule has 36 heavy (non-hydrogen) atoms. The second kappa shape index (κ2) is 9.58. The van der Waals surface area contributed by atoms with Crippen molar-refractivity contribution in [3.63, 3.8) is 0 Å². The van der Waals surface area contributed by atoms with Gasteiger partial charge in [0.1, 0.15) is 5.76 Å². The van der Waals surface area contributed by atoms with Crippen LogP contribution in [0.4, 0.5) is 5.69 Å². The zero-order valence-corrected chi connectivity index (χ0v) is 19.5. The summed E-state index contributed by atoms with van der Waals surface area (Å²) in [6.07, 6.45) is 0.675. The fourth-order valence-electron chi connectivity index (χ4n) is 4.31. The number of amides is 1. The molecule has 1 amide bonds. The van der Waals surface area contributed by atoms with E-state index < -0.39 is 23.7 Å². The number of carbonyl (C=O) groups is 3. The van der Waals surface area contributed by atoms with Crippen molar-refractivity contribution in [1.29, 1.82) is 0 Å². The third-order valence-electron chi connectivity index (χ3n) is 6.00. The van der Waals surface area contributed by atoms with Crippen LogP contribution < -0.4 is 14.4 Å². The fourth-order valence-corrected chi connectivity index (χ4v) is 4.31. The Kier molecular flexibility index (Phi) is 6.16. The van der Waals surface area contributed by atoms with Gasteiger partial charge in [-0.05, 0) is 48.4 Å². The number of aliphatic hydroxyl groups is 1. The molecular formula is C28H23NO7. The SMILES string of the molecule is CCCOC(=O)c1cccc(N2C(=O)C(=O)/C(=C(\O)c3ccc4c(c3)OCO4)C2c2ccccc2)c1. The lowest BCUT2D eigenvalue weighted by Gasteiger charge is -2.25. The molecule has 5 rings (SSSR count). The molecule has 0 bridgehead atoms. The molecule has 2 aliphatic rings. The highest BCUT2D eigenvalue weighted by atomic mass is 16.7. The predicted octanol–water partition coefficient (Wildman–Crippen LogP) is 4.61. The van der Waals surface area contributed by atoms with Crippen molar-refractivity contribution in [2.45, 2.75) is 19.4 Å². The number of carbonyl (C=O) groups excluding carboxylic acids is 3. The van der Waals surface area contributed by atoms with E-state index in [4.69, 9.17) is 14.2 Å². The van der Waals surface area contributed by atoms with E-state index >= 15 is 0 Å². The Balaban J connectivity index is 1.63. The lowest BCUT2D eigenvalue weighted by Crippen LogP contribution is -2.29. The van der Waals surface area contributed by atoms with Crippen molar-refractivity contribution in [3.8, 4) is 11.5 Å². The van der Waals surface area contributed by atoms with Crippen LogP contribution in [0.1, 0.15) is 40.9 Å². The maximum atomic E-state index is 13.3. The number of ketones is 1. The lowest BCUT2D eigenvalue weighted by molar-refractivity contribution is -0.132. The molecule has 182 valence electrons. The number of Topliss-reactive ketones (excluding diaryl/α,β-unsaturated/α-hetero) is 1. The first kappa shape index (κ1) is 23.2. The monoisotopic (exact) mass is 485 g/mol. The maximum Gasteiger partial charge on any atom is 0.338 e. The molecule has 1 unspecified atom stereocenters. The summed E-state index contributed by atoms with van der Waals surface area (Å²) in [6, 6.07) is 19.2. The van der Waals surface area contributed by atoms with Crippen LogP contribution in [-0.2, 0) is 14.3 Å². The van der Waals surface area contributed by atoms with Crippen molar-refractivity contribution < 1.29 is 33.7 Å². The summed E-state index contributed by atoms with van der Waals surface area (Å²) in [6.45, 7) is 2.22. The molecule has 1 atom stereocenters. The molecule has 1 N–H and O–H groups in total. The van der Waals surface area contributed by atoms with E-state index in [2.05, 4.69) is 0 Å². The van der Waals surface area contributed by atoms with Crippen molar-refractivity contribution in [3.05, 3.63) is 95.1 Å². The van der Waals surface area contributed by atoms with E-state index in [-0.39, 0.29) is 30.3 Å². The summed E-state index contributed by atoms with van der Waals surface area (Å²) in [5.74, 6) is -1.54. The standard InChI is InChI=1S/C28H23NO7/c1-2-13-34-28(33)19-9-6-10-20(14-19)29-24(17-7-4-3-5-8-17)23(26(31)27(29)32)25(30)18-11-12-21-22(15-18)36-16-35-21/h3-12,14-15,24,30H,2,13,16H2,1H3/b25-23-. The van der Waals surface area contributed by atoms with Gasteiger partial charge in [0.2, 0.25) is 6.79 Å². The minimum absolute atomic E-state index is 0.0605. The van der Waals surface area contributed by atoms with E-state index in [1.165, 1.54) is 11.0 Å². The summed E-state index contributed by atoms with van der Waals surface area (Å²) in [7, 11) is 0. The first-order valence-corrected chi connectivity index (χ1v) is 11.5. The summed E-state index contributed by atoms with van der Waals surface area (Å²) in [5, 5.41) is 11.3. The van der Waals surface area contributed by atoms with Gasteiger partial charge >= 0.3 is 5.97 Å². The van der Waals surface area contributed by atoms with E-state index in [0.29, 0.717) is 34.7 Å². The van der Waals surface area contributed by atoms with Gasteiger partial charge in [0.25, 0.3) is 11.7 Å². The summed E-state index contributed by atoms with van der Waals surface area (Å²) < 4.78 is 16.0. The Morgan fingerprint density at radius 1 is 0.972 bits per heavy atom. The highest BCUT2D eigenvalue weighted by Crippen LogP contribution is 2.43. The zero-order chi connectivity index (χ0) is 25.2. The Morgan fingerprint density at radius 3 is 2.53 bits per heavy atom. The number of hydrogen-bond donors (Lipinski definition) is 1. The molecule has 0 saturated carbocycles. The number of ether oxygens (including phenoxy) is 3. The minimum Gasteiger partial charge on any atom is -0.507 e. The zero-order valence-electron chi connectivity index (χ0n) is 19.5. The molecule has 8 heteroatoms. The first-order valence-electron chi connectivity index (χ1n) is 11.5. The predicted molar refractivity (Wildman–Crippen MR) is 131 cm³/mol. The van der Waals surface area contributed by atoms with Crippen LogP contribution in [0, 0.1) is 0 Å². The van der Waals surface area contributed by atoms with E-state index in [1.807, 2.05) is 13.0 Å². The normalized spacial score (nSPS) is 17.9. The molecule has 0 aliphatic carbocycles. The summed E-state index contributed by atoms with van der Waals surface area (Å²) in [4.78, 5) is 40.4. The van der Waals surface area contributed by atoms with Crippen LogP contribution >= 0.6 is 0 Å². The number of fused-ring (bicyclic) bond motifs is 1. The molecule has 2 aliphatic heterocycles. The van der Waals surface area contributed by atoms with Gasteiger partial charge in [0.05, 0.1) is 23.8 Å². The molecule has 1 fully saturated rings. The number of nitrogens with zero attached hydrogens (tertiary/aromatic N) is 1. The Labute approximate surface area is 207 Å². The highest BCUT2D eigenvalue weighted by Gasteiger charge is 2.47. The number of hydrogen-bond acceptors (Lipinski definition) is 7. The third-order valence-corrected chi connectivity index (χ3v) is 6.00. The average Bonchev–Trinajstić information content (AvgIpc) is 3.49. The van der Waals surface area contributed by atoms with Crippen molar-refractivity contribution in [2.24, 2.45) is 0 Å². The molecule has 0 aromatic heterocycles. The third kappa shape index (κ3) is 4.07. The van der Waals surface area contributed by atoms with Crippen LogP contribution in [0.5, 0.6) is 11.5 Å².